The molecular formula is C25H25N11O10S4. The molecule has 25 heteroatoms. The van der Waals surface area contributed by atoms with Crippen molar-refractivity contribution in [1.82, 2.24) is 47.7 Å². The predicted molar refractivity (Wildman–Crippen MR) is 178 cm³/mol. The van der Waals surface area contributed by atoms with E-state index < -0.39 is 70.9 Å². The van der Waals surface area contributed by atoms with E-state index in [2.05, 4.69) is 25.7 Å². The van der Waals surface area contributed by atoms with Crippen LogP contribution in [0.3, 0.4) is 0 Å². The average molecular weight is 768 g/mol. The van der Waals surface area contributed by atoms with Crippen LogP contribution in [-0.4, -0.2) is 106 Å². The van der Waals surface area contributed by atoms with E-state index in [-0.39, 0.29) is 39.7 Å². The number of carboxylic acid groups (broad SMARTS) is 1. The number of oxime groups is 1. The first kappa shape index (κ1) is 37.3. The number of aromatic nitrogens is 3. The SMILES string of the molecule is N.Nc1nc(C(=NOCC(=O)NNC(=O)NC(=O)c2ccc(O)c(O)c2)C(=O)NC2C(=O)N3C(C(=O)O)=C(CSc4nncs4)CS[C@@H]23)cs1. The quantitative estimate of drug-likeness (QED) is 0.0393. The number of rotatable bonds is 11. The summed E-state index contributed by atoms with van der Waals surface area (Å²) in [6.07, 6.45) is 0. The Hall–Kier alpha value is -5.50. The number of aliphatic carboxylic acids is 1. The second-order valence-corrected chi connectivity index (χ2v) is 13.6. The molecule has 1 aromatic carbocycles. The summed E-state index contributed by atoms with van der Waals surface area (Å²) in [5, 5.41) is 45.2. The number of nitrogen functional groups attached to an aromatic ring is 1. The number of fused-ring (bicyclic) bond motifs is 1. The highest BCUT2D eigenvalue weighted by Gasteiger charge is 2.54. The molecule has 264 valence electrons. The van der Waals surface area contributed by atoms with Crippen molar-refractivity contribution < 1.29 is 48.9 Å². The Morgan fingerprint density at radius 3 is 2.58 bits per heavy atom. The maximum Gasteiger partial charge on any atom is 0.352 e. The zero-order valence-corrected chi connectivity index (χ0v) is 28.3. The van der Waals surface area contributed by atoms with Gasteiger partial charge in [-0.3, -0.25) is 34.8 Å². The molecule has 0 saturated carbocycles. The van der Waals surface area contributed by atoms with Gasteiger partial charge in [0.1, 0.15) is 28.3 Å². The summed E-state index contributed by atoms with van der Waals surface area (Å²) in [6, 6.07) is 0.818. The van der Waals surface area contributed by atoms with Crippen LogP contribution in [0, 0.1) is 0 Å². The summed E-state index contributed by atoms with van der Waals surface area (Å²) in [7, 11) is 0. The molecule has 3 aromatic rings. The number of aromatic hydroxyl groups is 2. The molecule has 21 nitrogen and oxygen atoms in total. The minimum absolute atomic E-state index is 0. The highest BCUT2D eigenvalue weighted by atomic mass is 32.2. The largest absolute Gasteiger partial charge is 0.504 e. The zero-order chi connectivity index (χ0) is 35.2. The van der Waals surface area contributed by atoms with Crippen molar-refractivity contribution in [2.24, 2.45) is 5.16 Å². The first-order valence-corrected chi connectivity index (χ1v) is 17.2. The molecule has 5 rings (SSSR count). The molecule has 4 heterocycles. The molecule has 0 bridgehead atoms. The van der Waals surface area contributed by atoms with Gasteiger partial charge in [0.2, 0.25) is 0 Å². The van der Waals surface area contributed by atoms with Gasteiger partial charge in [-0.15, -0.1) is 33.3 Å². The lowest BCUT2D eigenvalue weighted by atomic mass is 10.0. The van der Waals surface area contributed by atoms with Crippen LogP contribution in [0.1, 0.15) is 16.1 Å². The third-order valence-corrected chi connectivity index (χ3v) is 10.3. The van der Waals surface area contributed by atoms with Crippen molar-refractivity contribution in [3.8, 4) is 11.5 Å². The number of nitrogens with two attached hydrogens (primary N) is 1. The lowest BCUT2D eigenvalue weighted by molar-refractivity contribution is -0.150. The topological polar surface area (TPSA) is 336 Å². The van der Waals surface area contributed by atoms with Gasteiger partial charge >= 0.3 is 12.0 Å². The third kappa shape index (κ3) is 8.55. The second-order valence-electron chi connectivity index (χ2n) is 9.56. The smallest absolute Gasteiger partial charge is 0.352 e. The summed E-state index contributed by atoms with van der Waals surface area (Å²) in [5.74, 6) is -5.33. The number of urea groups is 1. The summed E-state index contributed by atoms with van der Waals surface area (Å²) >= 11 is 4.82. The normalized spacial score (nSPS) is 16.7. The number of hydrogen-bond acceptors (Lipinski definition) is 19. The van der Waals surface area contributed by atoms with Crippen molar-refractivity contribution in [2.75, 3.05) is 23.8 Å². The van der Waals surface area contributed by atoms with Crippen molar-refractivity contribution in [1.29, 1.82) is 0 Å². The number of imide groups is 1. The Labute approximate surface area is 296 Å². The van der Waals surface area contributed by atoms with Gasteiger partial charge in [-0.2, -0.15) is 0 Å². The number of nitrogens with zero attached hydrogens (tertiary/aromatic N) is 5. The Kier molecular flexibility index (Phi) is 12.1. The number of carboxylic acids is 1. The molecule has 0 radical (unpaired) electrons. The van der Waals surface area contributed by atoms with Crippen LogP contribution in [0.4, 0.5) is 9.93 Å². The second kappa shape index (κ2) is 16.3. The first-order chi connectivity index (χ1) is 23.4. The number of amides is 6. The van der Waals surface area contributed by atoms with Crippen molar-refractivity contribution in [3.05, 3.63) is 51.6 Å². The molecule has 6 amide bonds. The van der Waals surface area contributed by atoms with E-state index in [1.54, 1.807) is 5.51 Å². The number of carbonyl (C=O) groups is 6. The molecule has 2 aromatic heterocycles. The third-order valence-electron chi connectivity index (χ3n) is 6.36. The number of hydrogen-bond donors (Lipinski definition) is 9. The van der Waals surface area contributed by atoms with Gasteiger partial charge in [0.15, 0.2) is 33.3 Å². The van der Waals surface area contributed by atoms with Crippen LogP contribution < -0.4 is 33.4 Å². The molecule has 1 unspecified atom stereocenters. The maximum absolute atomic E-state index is 13.3. The standard InChI is InChI=1S/C25H22N10O10S4.H3N/c26-23-28-11(7-47-23)15(34-45-4-14(38)31-32-24(44)30-18(39)9-1-2-12(36)13(37)3-9)19(40)29-16-20(41)35-17(22(42)43)10(5-46-21(16)35)6-48-25-33-27-8-49-25;/h1-3,7-8,16,21,36-37H,4-6H2,(H2,26,28)(H,29,40)(H,31,38)(H,42,43)(H2,30,32,39,44);1H3/t16?,21-;/m0./s1. The molecule has 0 spiro atoms. The van der Waals surface area contributed by atoms with Crippen LogP contribution in [0.15, 0.2) is 49.9 Å². The van der Waals surface area contributed by atoms with Gasteiger partial charge in [-0.05, 0) is 23.8 Å². The molecule has 0 aliphatic carbocycles. The minimum atomic E-state index is -1.29. The molecule has 50 heavy (non-hydrogen) atoms. The molecule has 1 saturated heterocycles. The first-order valence-electron chi connectivity index (χ1n) is 13.4. The van der Waals surface area contributed by atoms with E-state index in [0.717, 1.165) is 34.4 Å². The Morgan fingerprint density at radius 1 is 1.14 bits per heavy atom. The number of carbonyl (C=O) groups excluding carboxylic acids is 5. The number of phenols is 2. The van der Waals surface area contributed by atoms with E-state index >= 15 is 0 Å². The Bertz CT molecular complexity index is 1880. The molecule has 2 atom stereocenters. The molecule has 1 fully saturated rings. The molecular weight excluding hydrogens is 743 g/mol. The van der Waals surface area contributed by atoms with Crippen LogP contribution in [-0.2, 0) is 24.0 Å². The Morgan fingerprint density at radius 2 is 1.92 bits per heavy atom. The summed E-state index contributed by atoms with van der Waals surface area (Å²) in [6.45, 7) is -0.838. The van der Waals surface area contributed by atoms with Crippen LogP contribution in [0.25, 0.3) is 0 Å². The average Bonchev–Trinajstić information content (AvgIpc) is 3.76. The van der Waals surface area contributed by atoms with Gasteiger partial charge in [-0.1, -0.05) is 28.3 Å². The highest BCUT2D eigenvalue weighted by Crippen LogP contribution is 2.41. The van der Waals surface area contributed by atoms with E-state index in [1.807, 2.05) is 16.2 Å². The van der Waals surface area contributed by atoms with Crippen LogP contribution in [0.5, 0.6) is 11.5 Å². The Balaban J connectivity index is 0.00000562. The van der Waals surface area contributed by atoms with Gasteiger partial charge in [0, 0.05) is 22.4 Å². The lowest BCUT2D eigenvalue weighted by Crippen LogP contribution is -2.71. The number of hydrazine groups is 1. The number of phenolic OH excluding ortho intramolecular Hbond substituents is 2. The van der Waals surface area contributed by atoms with Gasteiger partial charge in [0.25, 0.3) is 23.6 Å². The van der Waals surface area contributed by atoms with Crippen molar-refractivity contribution in [3.63, 3.8) is 0 Å². The number of β-lactam (4-membered cyclic amide) rings is 1. The highest BCUT2D eigenvalue weighted by molar-refractivity contribution is 8.01. The molecule has 2 aliphatic rings. The van der Waals surface area contributed by atoms with E-state index in [9.17, 15) is 44.1 Å². The van der Waals surface area contributed by atoms with Gasteiger partial charge in [0.05, 0.1) is 0 Å². The monoisotopic (exact) mass is 767 g/mol. The van der Waals surface area contributed by atoms with Crippen LogP contribution in [0.2, 0.25) is 0 Å². The van der Waals surface area contributed by atoms with Crippen molar-refractivity contribution in [2.45, 2.75) is 15.8 Å². The molecule has 2 aliphatic heterocycles. The number of thioether (sulfide) groups is 2. The summed E-state index contributed by atoms with van der Waals surface area (Å²) in [4.78, 5) is 84.9. The zero-order valence-electron chi connectivity index (χ0n) is 25.0. The number of anilines is 1. The molecule has 12 N–H and O–H groups in total. The van der Waals surface area contributed by atoms with Gasteiger partial charge in [-0.25, -0.2) is 20.0 Å². The summed E-state index contributed by atoms with van der Waals surface area (Å²) < 4.78 is 0.640. The summed E-state index contributed by atoms with van der Waals surface area (Å²) in [5.41, 5.74) is 10.8. The maximum atomic E-state index is 13.3. The fraction of sp³-hybridized carbons (Fsp3) is 0.200. The fourth-order valence-electron chi connectivity index (χ4n) is 4.17. The lowest BCUT2D eigenvalue weighted by Gasteiger charge is -2.49. The van der Waals surface area contributed by atoms with Crippen molar-refractivity contribution >= 4 is 92.7 Å². The number of benzene rings is 1. The van der Waals surface area contributed by atoms with Gasteiger partial charge < -0.3 is 37.4 Å². The van der Waals surface area contributed by atoms with E-state index in [0.29, 0.717) is 9.91 Å². The van der Waals surface area contributed by atoms with E-state index in [1.165, 1.54) is 40.2 Å². The minimum Gasteiger partial charge on any atom is -0.504 e. The predicted octanol–water partition coefficient (Wildman–Crippen LogP) is -0.428. The number of nitrogens with one attached hydrogen (secondary N) is 4. The van der Waals surface area contributed by atoms with E-state index in [4.69, 9.17) is 10.6 Å². The van der Waals surface area contributed by atoms with Crippen LogP contribution >= 0.6 is 46.2 Å². The number of thiazole rings is 1. The fourth-order valence-corrected chi connectivity index (χ4v) is 7.69.